The van der Waals surface area contributed by atoms with Gasteiger partial charge in [0.15, 0.2) is 0 Å². The average Bonchev–Trinajstić information content (AvgIpc) is 3.39. The third-order valence-corrected chi connectivity index (χ3v) is 9.67. The number of rotatable bonds is 5. The molecule has 6 nitrogen and oxygen atoms in total. The normalized spacial score (nSPS) is 20.4. The lowest BCUT2D eigenvalue weighted by atomic mass is 9.82. The van der Waals surface area contributed by atoms with Gasteiger partial charge in [-0.1, -0.05) is 62.8 Å². The summed E-state index contributed by atoms with van der Waals surface area (Å²) >= 11 is 11.7. The summed E-state index contributed by atoms with van der Waals surface area (Å²) in [6.07, 6.45) is 0. The fourth-order valence-electron chi connectivity index (χ4n) is 4.83. The first-order valence-electron chi connectivity index (χ1n) is 11.5. The Kier molecular flexibility index (Phi) is 6.67. The van der Waals surface area contributed by atoms with Gasteiger partial charge in [-0.15, -0.1) is 0 Å². The highest BCUT2D eigenvalue weighted by atomic mass is 79.9. The number of aromatic nitrogens is 1. The fraction of sp³-hybridized carbons (Fsp3) is 0.148. The monoisotopic (exact) mass is 630 g/mol. The number of ether oxygens (including phenoxy) is 1. The lowest BCUT2D eigenvalue weighted by Crippen LogP contribution is -2.32. The van der Waals surface area contributed by atoms with Crippen LogP contribution in [0.5, 0.6) is 5.75 Å². The van der Waals surface area contributed by atoms with E-state index in [0.717, 1.165) is 26.3 Å². The second-order valence-electron chi connectivity index (χ2n) is 8.84. The van der Waals surface area contributed by atoms with Crippen LogP contribution >= 0.6 is 50.6 Å². The van der Waals surface area contributed by atoms with E-state index in [1.165, 1.54) is 36.0 Å². The molecule has 2 amide bonds. The highest BCUT2D eigenvalue weighted by Gasteiger charge is 2.56. The van der Waals surface area contributed by atoms with Crippen LogP contribution in [0.4, 0.5) is 10.1 Å². The summed E-state index contributed by atoms with van der Waals surface area (Å²) in [7, 11) is 0. The quantitative estimate of drug-likeness (QED) is 0.259. The summed E-state index contributed by atoms with van der Waals surface area (Å²) in [6.45, 7) is 0.256. The minimum absolute atomic E-state index is 0.256. The molecule has 3 heterocycles. The second kappa shape index (κ2) is 10.00. The maximum Gasteiger partial charge on any atom is 0.305 e. The highest BCUT2D eigenvalue weighted by molar-refractivity contribution is 9.10. The van der Waals surface area contributed by atoms with Gasteiger partial charge in [-0.05, 0) is 60.2 Å². The zero-order valence-corrected chi connectivity index (χ0v) is 23.3. The largest absolute Gasteiger partial charge is 0.489 e. The summed E-state index contributed by atoms with van der Waals surface area (Å²) < 4.78 is 20.6. The van der Waals surface area contributed by atoms with Gasteiger partial charge in [0.1, 0.15) is 23.4 Å². The number of imide groups is 1. The molecule has 192 valence electrons. The highest BCUT2D eigenvalue weighted by Crippen LogP contribution is 2.54. The first-order valence-corrected chi connectivity index (χ1v) is 14.4. The number of hydrogen-bond donors (Lipinski definition) is 1. The molecule has 38 heavy (non-hydrogen) atoms. The zero-order chi connectivity index (χ0) is 26.6. The number of amides is 2. The van der Waals surface area contributed by atoms with E-state index < -0.39 is 34.7 Å². The molecule has 1 aromatic heterocycles. The molecule has 0 saturated carbocycles. The van der Waals surface area contributed by atoms with Crippen LogP contribution in [-0.4, -0.2) is 22.0 Å². The Morgan fingerprint density at radius 1 is 1.00 bits per heavy atom. The minimum Gasteiger partial charge on any atom is -0.489 e. The summed E-state index contributed by atoms with van der Waals surface area (Å²) in [5.41, 5.74) is 1.89. The second-order valence-corrected chi connectivity index (χ2v) is 12.4. The average molecular weight is 632 g/mol. The standard InChI is InChI=1S/C27H17BrClFN2O4S2/c28-14-3-10-19(36-12-13-1-4-15(29)5-2-13)18(11-14)20-21-23(37-24-22(20)38-27(35)31-24)26(34)32(25(21)33)17-8-6-16(30)7-9-17/h1-11,20-21,23H,12H2,(H,31,35)/t20-,21-,23+/m0/s1. The molecular weight excluding hydrogens is 615 g/mol. The van der Waals surface area contributed by atoms with Gasteiger partial charge >= 0.3 is 4.87 Å². The summed E-state index contributed by atoms with van der Waals surface area (Å²) in [5, 5.41) is 0.421. The van der Waals surface area contributed by atoms with E-state index in [1.54, 1.807) is 18.2 Å². The SMILES string of the molecule is O=C1[C@H]2[C@H](c3cc(Br)ccc3OCc3ccc(Cl)cc3)c3sc(=O)[nH]c3S[C@H]2C(=O)N1c1ccc(F)cc1. The number of H-pyrrole nitrogens is 1. The van der Waals surface area contributed by atoms with Crippen LogP contribution in [0.1, 0.15) is 21.9 Å². The van der Waals surface area contributed by atoms with Gasteiger partial charge in [-0.25, -0.2) is 9.29 Å². The first-order chi connectivity index (χ1) is 18.3. The number of nitrogens with zero attached hydrogens (tertiary/aromatic N) is 1. The van der Waals surface area contributed by atoms with E-state index in [0.29, 0.717) is 31.9 Å². The molecule has 1 saturated heterocycles. The molecule has 0 spiro atoms. The fourth-order valence-corrected chi connectivity index (χ4v) is 7.84. The van der Waals surface area contributed by atoms with Crippen LogP contribution in [0.25, 0.3) is 0 Å². The lowest BCUT2D eigenvalue weighted by Gasteiger charge is -2.31. The van der Waals surface area contributed by atoms with Crippen molar-refractivity contribution in [2.45, 2.75) is 22.8 Å². The number of nitrogens with one attached hydrogen (secondary N) is 1. The van der Waals surface area contributed by atoms with E-state index in [2.05, 4.69) is 20.9 Å². The van der Waals surface area contributed by atoms with Crippen molar-refractivity contribution < 1.29 is 18.7 Å². The maximum absolute atomic E-state index is 13.9. The van der Waals surface area contributed by atoms with Crippen molar-refractivity contribution in [2.24, 2.45) is 5.92 Å². The number of carbonyl (C=O) groups excluding carboxylic acids is 2. The van der Waals surface area contributed by atoms with E-state index in [9.17, 15) is 18.8 Å². The van der Waals surface area contributed by atoms with E-state index in [-0.39, 0.29) is 11.5 Å². The molecule has 2 aliphatic rings. The predicted octanol–water partition coefficient (Wildman–Crippen LogP) is 6.37. The Bertz CT molecular complexity index is 1620. The van der Waals surface area contributed by atoms with Crippen LogP contribution in [-0.2, 0) is 16.2 Å². The number of benzene rings is 3. The van der Waals surface area contributed by atoms with Crippen molar-refractivity contribution in [3.63, 3.8) is 0 Å². The lowest BCUT2D eigenvalue weighted by molar-refractivity contribution is -0.122. The number of carbonyl (C=O) groups is 2. The Morgan fingerprint density at radius 2 is 1.74 bits per heavy atom. The third kappa shape index (κ3) is 4.49. The minimum atomic E-state index is -0.788. The van der Waals surface area contributed by atoms with Crippen LogP contribution in [0.15, 0.2) is 81.0 Å². The molecule has 11 heteroatoms. The molecule has 3 aromatic carbocycles. The van der Waals surface area contributed by atoms with Gasteiger partial charge in [0.2, 0.25) is 11.8 Å². The number of thiazole rings is 1. The first kappa shape index (κ1) is 25.4. The smallest absolute Gasteiger partial charge is 0.305 e. The van der Waals surface area contributed by atoms with Gasteiger partial charge in [-0.3, -0.25) is 14.4 Å². The van der Waals surface area contributed by atoms with Crippen molar-refractivity contribution in [1.82, 2.24) is 4.98 Å². The molecule has 2 aliphatic heterocycles. The van der Waals surface area contributed by atoms with Gasteiger partial charge in [0, 0.05) is 25.9 Å². The molecule has 6 rings (SSSR count). The van der Waals surface area contributed by atoms with E-state index >= 15 is 0 Å². The summed E-state index contributed by atoms with van der Waals surface area (Å²) in [4.78, 5) is 44.2. The predicted molar refractivity (Wildman–Crippen MR) is 149 cm³/mol. The number of halogens is 3. The number of aromatic amines is 1. The summed E-state index contributed by atoms with van der Waals surface area (Å²) in [6, 6.07) is 18.1. The van der Waals surface area contributed by atoms with Crippen molar-refractivity contribution >= 4 is 68.1 Å². The van der Waals surface area contributed by atoms with Gasteiger partial charge < -0.3 is 9.72 Å². The molecule has 1 N–H and O–H groups in total. The van der Waals surface area contributed by atoms with Crippen molar-refractivity contribution in [3.8, 4) is 5.75 Å². The number of fused-ring (bicyclic) bond motifs is 2. The van der Waals surface area contributed by atoms with Gasteiger partial charge in [0.25, 0.3) is 0 Å². The topological polar surface area (TPSA) is 79.5 Å². The number of anilines is 1. The van der Waals surface area contributed by atoms with Crippen molar-refractivity contribution in [2.75, 3.05) is 4.90 Å². The van der Waals surface area contributed by atoms with Crippen LogP contribution in [0, 0.1) is 11.7 Å². The van der Waals surface area contributed by atoms with Gasteiger partial charge in [-0.2, -0.15) is 0 Å². The number of hydrogen-bond acceptors (Lipinski definition) is 6. The molecule has 0 bridgehead atoms. The van der Waals surface area contributed by atoms with E-state index in [4.69, 9.17) is 16.3 Å². The van der Waals surface area contributed by atoms with Crippen LogP contribution in [0.3, 0.4) is 0 Å². The molecule has 1 fully saturated rings. The third-order valence-electron chi connectivity index (χ3n) is 6.52. The molecule has 3 atom stereocenters. The zero-order valence-electron chi connectivity index (χ0n) is 19.3. The Labute approximate surface area is 237 Å². The van der Waals surface area contributed by atoms with Crippen molar-refractivity contribution in [3.05, 3.63) is 108 Å². The molecule has 0 radical (unpaired) electrons. The van der Waals surface area contributed by atoms with Crippen LogP contribution < -0.4 is 14.5 Å². The molecular formula is C27H17BrClFN2O4S2. The van der Waals surface area contributed by atoms with Gasteiger partial charge in [0.05, 0.1) is 16.6 Å². The number of thioether (sulfide) groups is 1. The maximum atomic E-state index is 13.9. The Balaban J connectivity index is 1.44. The molecule has 4 aromatic rings. The Morgan fingerprint density at radius 3 is 2.47 bits per heavy atom. The van der Waals surface area contributed by atoms with Crippen molar-refractivity contribution in [1.29, 1.82) is 0 Å². The van der Waals surface area contributed by atoms with E-state index in [1.807, 2.05) is 24.3 Å². The molecule has 0 aliphatic carbocycles. The Hall–Kier alpha value is -2.92. The molecule has 0 unspecified atom stereocenters. The van der Waals surface area contributed by atoms with Crippen LogP contribution in [0.2, 0.25) is 5.02 Å². The summed E-state index contributed by atoms with van der Waals surface area (Å²) in [5.74, 6) is -2.14.